The van der Waals surface area contributed by atoms with Gasteiger partial charge in [-0.2, -0.15) is 0 Å². The number of hydrogen-bond acceptors (Lipinski definition) is 7. The molecule has 11 heteroatoms. The van der Waals surface area contributed by atoms with E-state index in [9.17, 15) is 26.4 Å². The van der Waals surface area contributed by atoms with Gasteiger partial charge in [0.1, 0.15) is 0 Å². The zero-order chi connectivity index (χ0) is 24.4. The molecule has 0 radical (unpaired) electrons. The highest BCUT2D eigenvalue weighted by atomic mass is 32.2. The molecule has 1 heterocycles. The van der Waals surface area contributed by atoms with Crippen molar-refractivity contribution in [1.82, 2.24) is 5.32 Å². The van der Waals surface area contributed by atoms with Crippen LogP contribution >= 0.6 is 0 Å². The van der Waals surface area contributed by atoms with Gasteiger partial charge in [0.25, 0.3) is 15.9 Å². The third-order valence-corrected chi connectivity index (χ3v) is 9.13. The van der Waals surface area contributed by atoms with Crippen LogP contribution in [0.4, 0.5) is 5.69 Å². The zero-order valence-electron chi connectivity index (χ0n) is 18.6. The maximum atomic E-state index is 12.8. The Balaban J connectivity index is 1.59. The highest BCUT2D eigenvalue weighted by Gasteiger charge is 2.39. The molecule has 0 aromatic heterocycles. The van der Waals surface area contributed by atoms with Gasteiger partial charge in [-0.05, 0) is 56.7 Å². The minimum atomic E-state index is -3.77. The summed E-state index contributed by atoms with van der Waals surface area (Å²) < 4.78 is 55.0. The highest BCUT2D eigenvalue weighted by molar-refractivity contribution is 7.92. The third kappa shape index (κ3) is 5.91. The average molecular weight is 495 g/mol. The summed E-state index contributed by atoms with van der Waals surface area (Å²) in [7, 11) is -5.54. The van der Waals surface area contributed by atoms with Crippen LogP contribution in [0.15, 0.2) is 53.4 Å². The Bertz CT molecular complexity index is 1250. The molecule has 1 N–H and O–H groups in total. The van der Waals surface area contributed by atoms with Gasteiger partial charge >= 0.3 is 5.97 Å². The summed E-state index contributed by atoms with van der Waals surface area (Å²) in [6, 6.07) is 12.2. The van der Waals surface area contributed by atoms with Crippen LogP contribution in [0.3, 0.4) is 0 Å². The predicted molar refractivity (Wildman–Crippen MR) is 123 cm³/mol. The van der Waals surface area contributed by atoms with Crippen LogP contribution in [-0.2, 0) is 29.4 Å². The normalized spacial score (nSPS) is 19.6. The number of aryl methyl sites for hydroxylation is 1. The lowest BCUT2D eigenvalue weighted by Crippen LogP contribution is -2.48. The van der Waals surface area contributed by atoms with Crippen LogP contribution in [0.5, 0.6) is 0 Å². The van der Waals surface area contributed by atoms with E-state index in [-0.39, 0.29) is 22.0 Å². The fourth-order valence-corrected chi connectivity index (χ4v) is 6.80. The van der Waals surface area contributed by atoms with Crippen molar-refractivity contribution in [1.29, 1.82) is 0 Å². The number of rotatable bonds is 7. The molecule has 33 heavy (non-hydrogen) atoms. The molecular formula is C22H26N2O7S2. The standard InChI is InChI=1S/C22H26N2O7S2/c1-16-4-10-19(11-5-16)33(29,30)24(3)18-8-6-17(7-9-18)21(26)31-14-20(25)23-22(2)12-13-32(27,28)15-22/h4-11H,12-15H2,1-3H3,(H,23,25). The number of nitrogens with one attached hydrogen (secondary N) is 1. The summed E-state index contributed by atoms with van der Waals surface area (Å²) >= 11 is 0. The number of carbonyl (C=O) groups is 2. The number of ether oxygens (including phenoxy) is 1. The van der Waals surface area contributed by atoms with Gasteiger partial charge in [-0.3, -0.25) is 9.10 Å². The van der Waals surface area contributed by atoms with Gasteiger partial charge in [0, 0.05) is 7.05 Å². The van der Waals surface area contributed by atoms with E-state index in [0.717, 1.165) is 9.87 Å². The number of amides is 1. The molecule has 1 saturated heterocycles. The van der Waals surface area contributed by atoms with Crippen molar-refractivity contribution in [3.05, 3.63) is 59.7 Å². The number of sulfone groups is 1. The number of nitrogens with zero attached hydrogens (tertiary/aromatic N) is 1. The Morgan fingerprint density at radius 1 is 1.09 bits per heavy atom. The van der Waals surface area contributed by atoms with Crippen molar-refractivity contribution in [3.8, 4) is 0 Å². The lowest BCUT2D eigenvalue weighted by Gasteiger charge is -2.23. The Labute approximate surface area is 193 Å². The first-order chi connectivity index (χ1) is 15.3. The van der Waals surface area contributed by atoms with Gasteiger partial charge in [-0.25, -0.2) is 21.6 Å². The number of carbonyl (C=O) groups excluding carboxylic acids is 2. The number of sulfonamides is 1. The Morgan fingerprint density at radius 3 is 2.24 bits per heavy atom. The third-order valence-electron chi connectivity index (χ3n) is 5.42. The SMILES string of the molecule is Cc1ccc(S(=O)(=O)N(C)c2ccc(C(=O)OCC(=O)NC3(C)CCS(=O)(=O)C3)cc2)cc1. The minimum Gasteiger partial charge on any atom is -0.452 e. The van der Waals surface area contributed by atoms with Gasteiger partial charge in [-0.1, -0.05) is 17.7 Å². The summed E-state index contributed by atoms with van der Waals surface area (Å²) in [6.45, 7) is 2.94. The predicted octanol–water partition coefficient (Wildman–Crippen LogP) is 1.67. The van der Waals surface area contributed by atoms with Crippen molar-refractivity contribution in [2.75, 3.05) is 29.5 Å². The van der Waals surface area contributed by atoms with Crippen molar-refractivity contribution in [2.45, 2.75) is 30.7 Å². The van der Waals surface area contributed by atoms with E-state index in [1.807, 2.05) is 6.92 Å². The molecule has 1 unspecified atom stereocenters. The van der Waals surface area contributed by atoms with E-state index in [0.29, 0.717) is 12.1 Å². The van der Waals surface area contributed by atoms with E-state index in [1.165, 1.54) is 43.4 Å². The average Bonchev–Trinajstić information content (AvgIpc) is 3.04. The zero-order valence-corrected chi connectivity index (χ0v) is 20.2. The molecule has 1 fully saturated rings. The lowest BCUT2D eigenvalue weighted by molar-refractivity contribution is -0.125. The van der Waals surface area contributed by atoms with Crippen LogP contribution in [0, 0.1) is 6.92 Å². The number of hydrogen-bond donors (Lipinski definition) is 1. The largest absolute Gasteiger partial charge is 0.452 e. The van der Waals surface area contributed by atoms with Crippen LogP contribution < -0.4 is 9.62 Å². The van der Waals surface area contributed by atoms with Crippen molar-refractivity contribution < 1.29 is 31.2 Å². The van der Waals surface area contributed by atoms with Crippen molar-refractivity contribution in [3.63, 3.8) is 0 Å². The van der Waals surface area contributed by atoms with Gasteiger partial charge in [0.15, 0.2) is 16.4 Å². The first-order valence-corrected chi connectivity index (χ1v) is 13.4. The first kappa shape index (κ1) is 24.7. The summed E-state index contributed by atoms with van der Waals surface area (Å²) in [4.78, 5) is 24.5. The molecule has 2 aromatic rings. The van der Waals surface area contributed by atoms with E-state index in [2.05, 4.69) is 5.32 Å². The van der Waals surface area contributed by atoms with E-state index in [4.69, 9.17) is 4.74 Å². The molecule has 9 nitrogen and oxygen atoms in total. The molecule has 1 amide bonds. The molecule has 1 atom stereocenters. The fraction of sp³-hybridized carbons (Fsp3) is 0.364. The van der Waals surface area contributed by atoms with Crippen LogP contribution in [0.2, 0.25) is 0 Å². The molecule has 1 aliphatic heterocycles. The summed E-state index contributed by atoms with van der Waals surface area (Å²) in [5.41, 5.74) is 0.551. The summed E-state index contributed by atoms with van der Waals surface area (Å²) in [6.07, 6.45) is 0.301. The monoisotopic (exact) mass is 494 g/mol. The molecule has 0 bridgehead atoms. The van der Waals surface area contributed by atoms with Crippen LogP contribution in [-0.4, -0.2) is 59.4 Å². The van der Waals surface area contributed by atoms with Crippen molar-refractivity contribution in [2.24, 2.45) is 0 Å². The van der Waals surface area contributed by atoms with E-state index >= 15 is 0 Å². The second-order valence-electron chi connectivity index (χ2n) is 8.36. The van der Waals surface area contributed by atoms with Gasteiger partial charge in [0.2, 0.25) is 0 Å². The van der Waals surface area contributed by atoms with Crippen molar-refractivity contribution >= 4 is 37.4 Å². The fourth-order valence-electron chi connectivity index (χ4n) is 3.51. The highest BCUT2D eigenvalue weighted by Crippen LogP contribution is 2.24. The maximum absolute atomic E-state index is 12.8. The topological polar surface area (TPSA) is 127 Å². The van der Waals surface area contributed by atoms with Gasteiger partial charge < -0.3 is 10.1 Å². The maximum Gasteiger partial charge on any atom is 0.338 e. The van der Waals surface area contributed by atoms with E-state index in [1.54, 1.807) is 19.1 Å². The van der Waals surface area contributed by atoms with Gasteiger partial charge in [0.05, 0.1) is 33.2 Å². The second kappa shape index (κ2) is 9.14. The second-order valence-corrected chi connectivity index (χ2v) is 12.5. The number of esters is 1. The molecule has 2 aromatic carbocycles. The Hall–Kier alpha value is -2.92. The lowest BCUT2D eigenvalue weighted by atomic mass is 10.0. The smallest absolute Gasteiger partial charge is 0.338 e. The Kier molecular flexibility index (Phi) is 6.85. The van der Waals surface area contributed by atoms with Crippen LogP contribution in [0.25, 0.3) is 0 Å². The summed E-state index contributed by atoms with van der Waals surface area (Å²) in [5.74, 6) is -1.50. The molecule has 0 saturated carbocycles. The molecule has 0 aliphatic carbocycles. The molecular weight excluding hydrogens is 468 g/mol. The van der Waals surface area contributed by atoms with E-state index < -0.39 is 43.9 Å². The van der Waals surface area contributed by atoms with Gasteiger partial charge in [-0.15, -0.1) is 0 Å². The Morgan fingerprint density at radius 2 is 1.70 bits per heavy atom. The summed E-state index contributed by atoms with van der Waals surface area (Å²) in [5, 5.41) is 2.61. The quantitative estimate of drug-likeness (QED) is 0.580. The number of benzene rings is 2. The number of anilines is 1. The molecule has 178 valence electrons. The molecule has 1 aliphatic rings. The molecule has 3 rings (SSSR count). The van der Waals surface area contributed by atoms with Crippen LogP contribution in [0.1, 0.15) is 29.3 Å². The minimum absolute atomic E-state index is 0.00396. The molecule has 0 spiro atoms. The first-order valence-electron chi connectivity index (χ1n) is 10.2.